The van der Waals surface area contributed by atoms with Crippen LogP contribution in [0, 0.1) is 17.2 Å². The molecule has 1 aliphatic heterocycles. The minimum Gasteiger partial charge on any atom is -0.497 e. The Hall–Kier alpha value is -2.26. The molecule has 1 aliphatic carbocycles. The standard InChI is InChI=1S/C21H29N3O3/c1-15(27-20(23)25)16-8-11-24(13-16)18-6-9-21(14-22,10-7-18)17-4-3-5-19(12-17)26-2/h3-5,12,15-16,18H,6-11,13H2,1-2H3,(H2,23,25)/t15?,16-,18?,21?/m0/s1. The summed E-state index contributed by atoms with van der Waals surface area (Å²) in [5.74, 6) is 1.13. The van der Waals surface area contributed by atoms with E-state index in [4.69, 9.17) is 15.2 Å². The maximum Gasteiger partial charge on any atom is 0.404 e. The molecule has 146 valence electrons. The van der Waals surface area contributed by atoms with Crippen molar-refractivity contribution in [2.24, 2.45) is 11.7 Å². The fraction of sp³-hybridized carbons (Fsp3) is 0.619. The van der Waals surface area contributed by atoms with Gasteiger partial charge >= 0.3 is 6.09 Å². The molecule has 0 spiro atoms. The first-order valence-corrected chi connectivity index (χ1v) is 9.73. The topological polar surface area (TPSA) is 88.6 Å². The lowest BCUT2D eigenvalue weighted by Crippen LogP contribution is -2.41. The number of carbonyl (C=O) groups is 1. The number of amides is 1. The van der Waals surface area contributed by atoms with Gasteiger partial charge in [-0.2, -0.15) is 5.26 Å². The molecule has 6 nitrogen and oxygen atoms in total. The van der Waals surface area contributed by atoms with Crippen molar-refractivity contribution < 1.29 is 14.3 Å². The van der Waals surface area contributed by atoms with E-state index < -0.39 is 11.5 Å². The van der Waals surface area contributed by atoms with Crippen molar-refractivity contribution in [3.8, 4) is 11.8 Å². The minimum absolute atomic E-state index is 0.147. The van der Waals surface area contributed by atoms with Gasteiger partial charge in [0.2, 0.25) is 0 Å². The van der Waals surface area contributed by atoms with Gasteiger partial charge in [0, 0.05) is 18.5 Å². The van der Waals surface area contributed by atoms with E-state index in [1.165, 1.54) is 0 Å². The van der Waals surface area contributed by atoms with Gasteiger partial charge in [-0.15, -0.1) is 0 Å². The molecule has 1 heterocycles. The maximum absolute atomic E-state index is 11.0. The van der Waals surface area contributed by atoms with E-state index in [0.29, 0.717) is 12.0 Å². The molecule has 1 aromatic rings. The molecular formula is C21H29N3O3. The van der Waals surface area contributed by atoms with Crippen LogP contribution in [0.4, 0.5) is 4.79 Å². The summed E-state index contributed by atoms with van der Waals surface area (Å²) in [7, 11) is 1.65. The van der Waals surface area contributed by atoms with E-state index in [2.05, 4.69) is 11.0 Å². The Morgan fingerprint density at radius 3 is 2.74 bits per heavy atom. The zero-order chi connectivity index (χ0) is 19.4. The average molecular weight is 371 g/mol. The van der Waals surface area contributed by atoms with Crippen LogP contribution in [0.3, 0.4) is 0 Å². The molecule has 3 rings (SSSR count). The van der Waals surface area contributed by atoms with E-state index in [9.17, 15) is 10.1 Å². The molecule has 1 unspecified atom stereocenters. The highest BCUT2D eigenvalue weighted by atomic mass is 16.6. The number of nitrogens with two attached hydrogens (primary N) is 1. The van der Waals surface area contributed by atoms with E-state index in [1.54, 1.807) is 7.11 Å². The third-order valence-corrected chi connectivity index (χ3v) is 6.38. The number of hydrogen-bond donors (Lipinski definition) is 1. The first-order chi connectivity index (χ1) is 13.0. The van der Waals surface area contributed by atoms with Crippen molar-refractivity contribution in [1.29, 1.82) is 5.26 Å². The van der Waals surface area contributed by atoms with E-state index in [-0.39, 0.29) is 6.10 Å². The van der Waals surface area contributed by atoms with Gasteiger partial charge in [-0.25, -0.2) is 4.79 Å². The van der Waals surface area contributed by atoms with Gasteiger partial charge in [0.25, 0.3) is 0 Å². The predicted molar refractivity (Wildman–Crippen MR) is 102 cm³/mol. The van der Waals surface area contributed by atoms with Gasteiger partial charge in [0.05, 0.1) is 18.6 Å². The highest BCUT2D eigenvalue weighted by Gasteiger charge is 2.41. The number of nitrogens with zero attached hydrogens (tertiary/aromatic N) is 2. The number of nitriles is 1. The third-order valence-electron chi connectivity index (χ3n) is 6.38. The number of primary amides is 1. The van der Waals surface area contributed by atoms with Crippen molar-refractivity contribution in [1.82, 2.24) is 4.90 Å². The molecule has 1 saturated heterocycles. The van der Waals surface area contributed by atoms with Crippen molar-refractivity contribution in [2.75, 3.05) is 20.2 Å². The minimum atomic E-state index is -0.698. The lowest BCUT2D eigenvalue weighted by atomic mass is 9.69. The summed E-state index contributed by atoms with van der Waals surface area (Å²) in [5, 5.41) is 9.94. The zero-order valence-electron chi connectivity index (χ0n) is 16.2. The van der Waals surface area contributed by atoms with Gasteiger partial charge in [-0.05, 0) is 63.3 Å². The zero-order valence-corrected chi connectivity index (χ0v) is 16.2. The highest BCUT2D eigenvalue weighted by Crippen LogP contribution is 2.42. The SMILES string of the molecule is COc1cccc(C2(C#N)CCC(N3CC[C@H](C(C)OC(N)=O)C3)CC2)c1. The molecule has 2 atom stereocenters. The van der Waals surface area contributed by atoms with Crippen molar-refractivity contribution >= 4 is 6.09 Å². The molecule has 0 bridgehead atoms. The second kappa shape index (κ2) is 8.18. The lowest BCUT2D eigenvalue weighted by Gasteiger charge is -2.39. The van der Waals surface area contributed by atoms with Gasteiger partial charge in [-0.1, -0.05) is 12.1 Å². The third kappa shape index (κ3) is 4.19. The average Bonchev–Trinajstić information content (AvgIpc) is 3.18. The number of methoxy groups -OCH3 is 1. The van der Waals surface area contributed by atoms with Gasteiger partial charge in [-0.3, -0.25) is 4.90 Å². The summed E-state index contributed by atoms with van der Waals surface area (Å²) in [6, 6.07) is 11.0. The summed E-state index contributed by atoms with van der Waals surface area (Å²) in [6.07, 6.45) is 3.89. The van der Waals surface area contributed by atoms with Crippen LogP contribution in [0.2, 0.25) is 0 Å². The normalized spacial score (nSPS) is 29.7. The van der Waals surface area contributed by atoms with E-state index in [1.807, 2.05) is 31.2 Å². The smallest absolute Gasteiger partial charge is 0.404 e. The monoisotopic (exact) mass is 371 g/mol. The first kappa shape index (κ1) is 19.5. The molecular weight excluding hydrogens is 342 g/mol. The largest absolute Gasteiger partial charge is 0.497 e. The Balaban J connectivity index is 1.61. The van der Waals surface area contributed by atoms with Gasteiger partial charge in [0.15, 0.2) is 0 Å². The van der Waals surface area contributed by atoms with Crippen LogP contribution in [0.1, 0.15) is 44.6 Å². The van der Waals surface area contributed by atoms with Crippen LogP contribution >= 0.6 is 0 Å². The molecule has 2 N–H and O–H groups in total. The second-order valence-electron chi connectivity index (χ2n) is 7.84. The number of rotatable bonds is 5. The van der Waals surface area contributed by atoms with E-state index >= 15 is 0 Å². The van der Waals surface area contributed by atoms with Gasteiger partial charge in [0.1, 0.15) is 11.9 Å². The molecule has 1 saturated carbocycles. The summed E-state index contributed by atoms with van der Waals surface area (Å²) in [6.45, 7) is 3.86. The van der Waals surface area contributed by atoms with E-state index in [0.717, 1.165) is 56.5 Å². The summed E-state index contributed by atoms with van der Waals surface area (Å²) in [4.78, 5) is 13.5. The Morgan fingerprint density at radius 1 is 1.37 bits per heavy atom. The van der Waals surface area contributed by atoms with Crippen LogP contribution in [-0.2, 0) is 10.2 Å². The summed E-state index contributed by atoms with van der Waals surface area (Å²) >= 11 is 0. The van der Waals surface area contributed by atoms with Crippen molar-refractivity contribution in [3.05, 3.63) is 29.8 Å². The number of likely N-dealkylation sites (tertiary alicyclic amines) is 1. The van der Waals surface area contributed by atoms with Gasteiger partial charge < -0.3 is 15.2 Å². The Labute approximate surface area is 161 Å². The lowest BCUT2D eigenvalue weighted by molar-refractivity contribution is 0.0767. The van der Waals surface area contributed by atoms with Crippen molar-refractivity contribution in [2.45, 2.75) is 56.6 Å². The Kier molecular flexibility index (Phi) is 5.91. The molecule has 2 aliphatic rings. The molecule has 0 radical (unpaired) electrons. The summed E-state index contributed by atoms with van der Waals surface area (Å²) in [5.41, 5.74) is 5.78. The fourth-order valence-electron chi connectivity index (χ4n) is 4.66. The Morgan fingerprint density at radius 2 is 2.11 bits per heavy atom. The van der Waals surface area contributed by atoms with Crippen LogP contribution in [-0.4, -0.2) is 43.3 Å². The maximum atomic E-state index is 11.0. The molecule has 27 heavy (non-hydrogen) atoms. The second-order valence-corrected chi connectivity index (χ2v) is 7.84. The number of ether oxygens (including phenoxy) is 2. The highest BCUT2D eigenvalue weighted by molar-refractivity contribution is 5.64. The van der Waals surface area contributed by atoms with Crippen LogP contribution in [0.15, 0.2) is 24.3 Å². The fourth-order valence-corrected chi connectivity index (χ4v) is 4.66. The van der Waals surface area contributed by atoms with Crippen LogP contribution in [0.5, 0.6) is 5.75 Å². The predicted octanol–water partition coefficient (Wildman–Crippen LogP) is 3.20. The summed E-state index contributed by atoms with van der Waals surface area (Å²) < 4.78 is 10.5. The molecule has 1 amide bonds. The number of benzene rings is 1. The Bertz CT molecular complexity index is 707. The quantitative estimate of drug-likeness (QED) is 0.858. The van der Waals surface area contributed by atoms with Crippen molar-refractivity contribution in [3.63, 3.8) is 0 Å². The van der Waals surface area contributed by atoms with Crippen LogP contribution < -0.4 is 10.5 Å². The molecule has 0 aromatic heterocycles. The molecule has 6 heteroatoms. The number of hydrogen-bond acceptors (Lipinski definition) is 5. The van der Waals surface area contributed by atoms with Crippen LogP contribution in [0.25, 0.3) is 0 Å². The first-order valence-electron chi connectivity index (χ1n) is 9.73. The number of carbonyl (C=O) groups excluding carboxylic acids is 1. The molecule has 1 aromatic carbocycles. The molecule has 2 fully saturated rings.